The second-order valence-electron chi connectivity index (χ2n) is 9.72. The Morgan fingerprint density at radius 2 is 1.88 bits per heavy atom. The number of nitrogens with zero attached hydrogens (tertiary/aromatic N) is 7. The first-order chi connectivity index (χ1) is 19.2. The van der Waals surface area contributed by atoms with Crippen LogP contribution in [0.1, 0.15) is 18.9 Å². The van der Waals surface area contributed by atoms with Gasteiger partial charge in [-0.2, -0.15) is 13.2 Å². The van der Waals surface area contributed by atoms with Crippen molar-refractivity contribution >= 4 is 34.5 Å². The predicted octanol–water partition coefficient (Wildman–Crippen LogP) is 4.21. The molecule has 1 fully saturated rings. The number of carbonyl (C=O) groups is 1. The first-order valence-corrected chi connectivity index (χ1v) is 13.0. The van der Waals surface area contributed by atoms with Gasteiger partial charge < -0.3 is 20.1 Å². The van der Waals surface area contributed by atoms with Gasteiger partial charge in [-0.25, -0.2) is 19.9 Å². The molecule has 1 aromatic carbocycles. The number of amides is 1. The number of imidazole rings is 1. The number of carbonyl (C=O) groups excluding carboxylic acids is 1. The number of H-pyrrole nitrogens is 1. The topological polar surface area (TPSA) is 106 Å². The summed E-state index contributed by atoms with van der Waals surface area (Å²) in [7, 11) is 1.98. The smallest absolute Gasteiger partial charge is 0.360 e. The summed E-state index contributed by atoms with van der Waals surface area (Å²) in [4.78, 5) is 38.4. The molecule has 40 heavy (non-hydrogen) atoms. The Bertz CT molecular complexity index is 1480. The minimum Gasteiger partial charge on any atom is -0.360 e. The van der Waals surface area contributed by atoms with Gasteiger partial charge in [0.25, 0.3) is 0 Å². The molecule has 1 saturated heterocycles. The molecule has 0 aliphatic carbocycles. The van der Waals surface area contributed by atoms with Gasteiger partial charge in [-0.05, 0) is 36.8 Å². The van der Waals surface area contributed by atoms with Gasteiger partial charge >= 0.3 is 6.18 Å². The van der Waals surface area contributed by atoms with E-state index >= 15 is 0 Å². The number of halogens is 3. The Morgan fingerprint density at radius 1 is 1.07 bits per heavy atom. The fourth-order valence-corrected chi connectivity index (χ4v) is 4.56. The van der Waals surface area contributed by atoms with E-state index in [0.29, 0.717) is 31.4 Å². The highest BCUT2D eigenvalue weighted by Gasteiger charge is 2.34. The average molecular weight is 554 g/mol. The summed E-state index contributed by atoms with van der Waals surface area (Å²) in [5, 5.41) is 3.22. The first kappa shape index (κ1) is 27.3. The lowest BCUT2D eigenvalue weighted by atomic mass is 10.1. The molecular formula is C27H30F3N9O. The molecule has 1 amide bonds. The SMILES string of the molecule is CCN(C)c1cc(-c2ccc3nc(Nc4cc(CN5CCN(C(=O)CC(F)(F)F)CC5)ccn4)[nH]c3c2)ncn1. The number of nitrogens with one attached hydrogen (secondary N) is 2. The molecule has 0 radical (unpaired) electrons. The second-order valence-corrected chi connectivity index (χ2v) is 9.72. The highest BCUT2D eigenvalue weighted by atomic mass is 19.4. The zero-order chi connectivity index (χ0) is 28.3. The molecule has 3 aromatic heterocycles. The maximum absolute atomic E-state index is 12.5. The summed E-state index contributed by atoms with van der Waals surface area (Å²) >= 11 is 0. The van der Waals surface area contributed by atoms with Crippen LogP contribution >= 0.6 is 0 Å². The molecule has 10 nitrogen and oxygen atoms in total. The Balaban J connectivity index is 1.22. The fraction of sp³-hybridized carbons (Fsp3) is 0.370. The van der Waals surface area contributed by atoms with Gasteiger partial charge in [-0.15, -0.1) is 0 Å². The monoisotopic (exact) mass is 553 g/mol. The van der Waals surface area contributed by atoms with Crippen molar-refractivity contribution in [3.8, 4) is 11.3 Å². The highest BCUT2D eigenvalue weighted by Crippen LogP contribution is 2.26. The summed E-state index contributed by atoms with van der Waals surface area (Å²) in [6.45, 7) is 5.05. The fourth-order valence-electron chi connectivity index (χ4n) is 4.56. The number of anilines is 3. The van der Waals surface area contributed by atoms with E-state index in [2.05, 4.69) is 42.1 Å². The summed E-state index contributed by atoms with van der Waals surface area (Å²) < 4.78 is 37.6. The molecule has 1 aliphatic rings. The van der Waals surface area contributed by atoms with Crippen molar-refractivity contribution in [1.82, 2.24) is 34.7 Å². The number of rotatable bonds is 8. The number of pyridine rings is 1. The van der Waals surface area contributed by atoms with Crippen LogP contribution < -0.4 is 10.2 Å². The van der Waals surface area contributed by atoms with Crippen LogP contribution in [0.3, 0.4) is 0 Å². The third-order valence-corrected chi connectivity index (χ3v) is 6.85. The Kier molecular flexibility index (Phi) is 7.83. The number of piperazine rings is 1. The zero-order valence-corrected chi connectivity index (χ0v) is 22.2. The van der Waals surface area contributed by atoms with Gasteiger partial charge in [0, 0.05) is 64.1 Å². The molecule has 1 aliphatic heterocycles. The first-order valence-electron chi connectivity index (χ1n) is 13.0. The number of benzene rings is 1. The lowest BCUT2D eigenvalue weighted by molar-refractivity contribution is -0.162. The van der Waals surface area contributed by atoms with Crippen molar-refractivity contribution in [2.75, 3.05) is 50.0 Å². The van der Waals surface area contributed by atoms with Gasteiger partial charge in [-0.1, -0.05) is 6.07 Å². The quantitative estimate of drug-likeness (QED) is 0.334. The third kappa shape index (κ3) is 6.65. The van der Waals surface area contributed by atoms with Gasteiger partial charge in [-0.3, -0.25) is 9.69 Å². The molecule has 5 rings (SSSR count). The largest absolute Gasteiger partial charge is 0.397 e. The van der Waals surface area contributed by atoms with Crippen molar-refractivity contribution in [2.24, 2.45) is 0 Å². The van der Waals surface area contributed by atoms with Crippen molar-refractivity contribution in [3.63, 3.8) is 0 Å². The maximum Gasteiger partial charge on any atom is 0.397 e. The van der Waals surface area contributed by atoms with Crippen molar-refractivity contribution < 1.29 is 18.0 Å². The molecular weight excluding hydrogens is 523 g/mol. The predicted molar refractivity (Wildman–Crippen MR) is 146 cm³/mol. The van der Waals surface area contributed by atoms with Crippen molar-refractivity contribution in [1.29, 1.82) is 0 Å². The van der Waals surface area contributed by atoms with Crippen LogP contribution in [0, 0.1) is 0 Å². The number of alkyl halides is 3. The van der Waals surface area contributed by atoms with E-state index in [1.807, 2.05) is 48.3 Å². The van der Waals surface area contributed by atoms with E-state index in [-0.39, 0.29) is 13.1 Å². The van der Waals surface area contributed by atoms with E-state index < -0.39 is 18.5 Å². The summed E-state index contributed by atoms with van der Waals surface area (Å²) in [5.41, 5.74) is 4.38. The molecule has 0 atom stereocenters. The number of aromatic nitrogens is 5. The van der Waals surface area contributed by atoms with Crippen molar-refractivity contribution in [2.45, 2.75) is 26.1 Å². The number of aromatic amines is 1. The van der Waals surface area contributed by atoms with E-state index in [9.17, 15) is 18.0 Å². The summed E-state index contributed by atoms with van der Waals surface area (Å²) in [5.74, 6) is 1.13. The van der Waals surface area contributed by atoms with E-state index in [1.54, 1.807) is 12.5 Å². The van der Waals surface area contributed by atoms with Gasteiger partial charge in [0.2, 0.25) is 11.9 Å². The maximum atomic E-state index is 12.5. The van der Waals surface area contributed by atoms with Gasteiger partial charge in [0.15, 0.2) is 0 Å². The zero-order valence-electron chi connectivity index (χ0n) is 22.2. The lowest BCUT2D eigenvalue weighted by Crippen LogP contribution is -2.49. The van der Waals surface area contributed by atoms with Crippen LogP contribution in [0.4, 0.5) is 30.8 Å². The standard InChI is InChI=1S/C27H30F3N9O/c1-3-37(2)24-14-21(32-17-33-24)19-4-5-20-22(13-19)35-26(34-20)36-23-12-18(6-7-31-23)16-38-8-10-39(11-9-38)25(40)15-27(28,29)30/h4-7,12-14,17H,3,8-11,15-16H2,1-2H3,(H2,31,34,35,36). The number of hydrogen-bond donors (Lipinski definition) is 2. The molecule has 0 bridgehead atoms. The van der Waals surface area contributed by atoms with Crippen LogP contribution in [0.15, 0.2) is 48.9 Å². The highest BCUT2D eigenvalue weighted by molar-refractivity contribution is 5.83. The van der Waals surface area contributed by atoms with Gasteiger partial charge in [0.1, 0.15) is 24.4 Å². The number of hydrogen-bond acceptors (Lipinski definition) is 8. The van der Waals surface area contributed by atoms with E-state index in [1.165, 1.54) is 4.90 Å². The normalized spacial score (nSPS) is 14.5. The van der Waals surface area contributed by atoms with Crippen LogP contribution in [-0.4, -0.2) is 86.6 Å². The van der Waals surface area contributed by atoms with Crippen LogP contribution in [0.2, 0.25) is 0 Å². The second kappa shape index (κ2) is 11.5. The Hall–Kier alpha value is -4.26. The molecule has 0 unspecified atom stereocenters. The van der Waals surface area contributed by atoms with Crippen LogP contribution in [-0.2, 0) is 11.3 Å². The summed E-state index contributed by atoms with van der Waals surface area (Å²) in [6.07, 6.45) is -2.63. The minimum absolute atomic E-state index is 0.276. The molecule has 0 spiro atoms. The molecule has 13 heteroatoms. The summed E-state index contributed by atoms with van der Waals surface area (Å²) in [6, 6.07) is 11.7. The minimum atomic E-state index is -4.48. The molecule has 2 N–H and O–H groups in total. The molecule has 0 saturated carbocycles. The van der Waals surface area contributed by atoms with Crippen molar-refractivity contribution in [3.05, 3.63) is 54.5 Å². The average Bonchev–Trinajstić information content (AvgIpc) is 3.34. The lowest BCUT2D eigenvalue weighted by Gasteiger charge is -2.35. The van der Waals surface area contributed by atoms with Gasteiger partial charge in [0.05, 0.1) is 16.7 Å². The third-order valence-electron chi connectivity index (χ3n) is 6.85. The number of fused-ring (bicyclic) bond motifs is 1. The molecule has 4 aromatic rings. The van der Waals surface area contributed by atoms with Crippen LogP contribution in [0.25, 0.3) is 22.3 Å². The van der Waals surface area contributed by atoms with Crippen LogP contribution in [0.5, 0.6) is 0 Å². The molecule has 4 heterocycles. The Labute approximate surface area is 229 Å². The van der Waals surface area contributed by atoms with E-state index in [0.717, 1.165) is 40.2 Å². The van der Waals surface area contributed by atoms with E-state index in [4.69, 9.17) is 0 Å². The Morgan fingerprint density at radius 3 is 2.62 bits per heavy atom. The molecule has 210 valence electrons.